The number of rotatable bonds is 7. The molecule has 0 bridgehead atoms. The maximum atomic E-state index is 12.6. The summed E-state index contributed by atoms with van der Waals surface area (Å²) in [6.45, 7) is 10.7. The van der Waals surface area contributed by atoms with Crippen molar-refractivity contribution in [2.45, 2.75) is 57.7 Å². The van der Waals surface area contributed by atoms with E-state index in [0.717, 1.165) is 49.4 Å². The van der Waals surface area contributed by atoms with E-state index in [0.29, 0.717) is 44.8 Å². The molecule has 0 radical (unpaired) electrons. The summed E-state index contributed by atoms with van der Waals surface area (Å²) in [6, 6.07) is 15.8. The summed E-state index contributed by atoms with van der Waals surface area (Å²) in [5.41, 5.74) is 4.62. The van der Waals surface area contributed by atoms with Crippen LogP contribution in [0.5, 0.6) is 6.01 Å². The van der Waals surface area contributed by atoms with Crippen LogP contribution >= 0.6 is 0 Å². The minimum absolute atomic E-state index is 0.132. The monoisotopic (exact) mass is 579 g/mol. The maximum absolute atomic E-state index is 12.6. The van der Waals surface area contributed by atoms with Gasteiger partial charge < -0.3 is 24.3 Å². The number of hydrogen-bond donors (Lipinski definition) is 0. The summed E-state index contributed by atoms with van der Waals surface area (Å²) in [6.07, 6.45) is 5.70. The van der Waals surface area contributed by atoms with Crippen LogP contribution in [0.1, 0.15) is 42.5 Å². The van der Waals surface area contributed by atoms with E-state index in [2.05, 4.69) is 77.7 Å². The summed E-state index contributed by atoms with van der Waals surface area (Å²) < 4.78 is 6.34. The van der Waals surface area contributed by atoms with Crippen molar-refractivity contribution in [1.82, 2.24) is 19.8 Å². The molecule has 3 aliphatic heterocycles. The Labute approximate surface area is 254 Å². The van der Waals surface area contributed by atoms with Crippen LogP contribution in [0, 0.1) is 18.3 Å². The van der Waals surface area contributed by atoms with Gasteiger partial charge in [0, 0.05) is 48.9 Å². The van der Waals surface area contributed by atoms with Crippen LogP contribution in [-0.2, 0) is 17.8 Å². The highest BCUT2D eigenvalue weighted by Crippen LogP contribution is 2.35. The zero-order valence-electron chi connectivity index (χ0n) is 25.3. The first kappa shape index (κ1) is 28.9. The Hall–Kier alpha value is -4.16. The average molecular weight is 580 g/mol. The molecule has 2 aromatic carbocycles. The molecule has 1 unspecified atom stereocenters. The molecule has 43 heavy (non-hydrogen) atoms. The Balaban J connectivity index is 1.36. The Morgan fingerprint density at radius 3 is 2.70 bits per heavy atom. The predicted octanol–water partition coefficient (Wildman–Crippen LogP) is 4.48. The SMILES string of the molecule is C=CC(=O)N1CCN(c2nc(OC[C@@H]3CCCN3C)nc3c2CCCN(c2cccc4cccc(C)c24)C3)CC1CC#N. The molecular weight excluding hydrogens is 538 g/mol. The molecule has 2 atom stereocenters. The summed E-state index contributed by atoms with van der Waals surface area (Å²) in [4.78, 5) is 31.5. The van der Waals surface area contributed by atoms with Gasteiger partial charge in [0.15, 0.2) is 0 Å². The van der Waals surface area contributed by atoms with Gasteiger partial charge in [0.2, 0.25) is 5.91 Å². The van der Waals surface area contributed by atoms with Gasteiger partial charge in [0.1, 0.15) is 12.4 Å². The van der Waals surface area contributed by atoms with Crippen molar-refractivity contribution in [1.29, 1.82) is 5.26 Å². The molecule has 224 valence electrons. The highest BCUT2D eigenvalue weighted by molar-refractivity contribution is 5.97. The third-order valence-electron chi connectivity index (χ3n) is 9.32. The number of anilines is 2. The topological polar surface area (TPSA) is 88.8 Å². The summed E-state index contributed by atoms with van der Waals surface area (Å²) in [7, 11) is 2.15. The second-order valence-electron chi connectivity index (χ2n) is 12.0. The van der Waals surface area contributed by atoms with Crippen LogP contribution in [0.2, 0.25) is 0 Å². The van der Waals surface area contributed by atoms with E-state index < -0.39 is 0 Å². The zero-order valence-corrected chi connectivity index (χ0v) is 25.3. The minimum Gasteiger partial charge on any atom is -0.462 e. The van der Waals surface area contributed by atoms with Gasteiger partial charge in [-0.3, -0.25) is 4.79 Å². The number of hydrogen-bond acceptors (Lipinski definition) is 8. The standard InChI is InChI=1S/C34H41N7O2/c1-4-31(42)41-20-19-40(21-26(41)15-16-35)33-28-13-8-18-39(30-14-6-11-25-10-5-9-24(2)32(25)30)22-29(28)36-34(37-33)43-23-27-12-7-17-38(27)3/h4-6,9-11,14,26-27H,1,7-8,12-13,15,17-23H2,2-3H3/t26?,27-/m0/s1. The molecule has 3 aromatic rings. The fraction of sp³-hybridized carbons (Fsp3) is 0.471. The van der Waals surface area contributed by atoms with Crippen molar-refractivity contribution in [3.05, 3.63) is 65.9 Å². The number of benzene rings is 2. The molecule has 0 N–H and O–H groups in total. The van der Waals surface area contributed by atoms with E-state index in [9.17, 15) is 10.1 Å². The van der Waals surface area contributed by atoms with E-state index >= 15 is 0 Å². The molecule has 9 heteroatoms. The van der Waals surface area contributed by atoms with Crippen molar-refractivity contribution in [3.8, 4) is 12.1 Å². The van der Waals surface area contributed by atoms with Gasteiger partial charge in [-0.1, -0.05) is 36.9 Å². The molecule has 3 aliphatic rings. The molecule has 1 aromatic heterocycles. The predicted molar refractivity (Wildman–Crippen MR) is 169 cm³/mol. The molecule has 0 spiro atoms. The lowest BCUT2D eigenvalue weighted by atomic mass is 10.0. The number of aryl methyl sites for hydroxylation is 1. The molecule has 0 saturated carbocycles. The van der Waals surface area contributed by atoms with E-state index in [1.165, 1.54) is 34.5 Å². The summed E-state index contributed by atoms with van der Waals surface area (Å²) in [5, 5.41) is 12.1. The van der Waals surface area contributed by atoms with Crippen molar-refractivity contribution in [2.75, 3.05) is 56.2 Å². The van der Waals surface area contributed by atoms with Crippen LogP contribution in [0.25, 0.3) is 10.8 Å². The van der Waals surface area contributed by atoms with E-state index in [1.807, 2.05) is 0 Å². The molecule has 9 nitrogen and oxygen atoms in total. The molecule has 6 rings (SSSR count). The van der Waals surface area contributed by atoms with Gasteiger partial charge in [-0.15, -0.1) is 0 Å². The van der Waals surface area contributed by atoms with Crippen LogP contribution in [-0.4, -0.2) is 84.1 Å². The average Bonchev–Trinajstić information content (AvgIpc) is 3.31. The number of likely N-dealkylation sites (N-methyl/N-ethyl adjacent to an activating group) is 1. The van der Waals surface area contributed by atoms with Gasteiger partial charge >= 0.3 is 6.01 Å². The highest BCUT2D eigenvalue weighted by atomic mass is 16.5. The number of piperazine rings is 1. The quantitative estimate of drug-likeness (QED) is 0.379. The second kappa shape index (κ2) is 12.6. The normalized spacial score (nSPS) is 20.9. The highest BCUT2D eigenvalue weighted by Gasteiger charge is 2.33. The number of likely N-dealkylation sites (tertiary alicyclic amines) is 1. The van der Waals surface area contributed by atoms with Crippen LogP contribution in [0.3, 0.4) is 0 Å². The number of aromatic nitrogens is 2. The second-order valence-corrected chi connectivity index (χ2v) is 12.0. The Kier molecular flexibility index (Phi) is 8.48. The first-order valence-electron chi connectivity index (χ1n) is 15.5. The molecule has 2 fully saturated rings. The number of nitrogens with zero attached hydrogens (tertiary/aromatic N) is 7. The molecule has 2 saturated heterocycles. The van der Waals surface area contributed by atoms with Crippen molar-refractivity contribution >= 4 is 28.2 Å². The van der Waals surface area contributed by atoms with E-state index in [4.69, 9.17) is 14.7 Å². The summed E-state index contributed by atoms with van der Waals surface area (Å²) >= 11 is 0. The number of carbonyl (C=O) groups is 1. The number of nitriles is 1. The lowest BCUT2D eigenvalue weighted by Gasteiger charge is -2.41. The Morgan fingerprint density at radius 1 is 1.09 bits per heavy atom. The summed E-state index contributed by atoms with van der Waals surface area (Å²) in [5.74, 6) is 0.747. The van der Waals surface area contributed by atoms with Crippen molar-refractivity contribution in [3.63, 3.8) is 0 Å². The minimum atomic E-state index is -0.229. The molecule has 0 aliphatic carbocycles. The smallest absolute Gasteiger partial charge is 0.318 e. The molecule has 1 amide bonds. The van der Waals surface area contributed by atoms with E-state index in [-0.39, 0.29) is 18.4 Å². The van der Waals surface area contributed by atoms with Gasteiger partial charge in [-0.2, -0.15) is 15.2 Å². The van der Waals surface area contributed by atoms with Gasteiger partial charge in [-0.25, -0.2) is 0 Å². The van der Waals surface area contributed by atoms with E-state index in [1.54, 1.807) is 4.90 Å². The first-order chi connectivity index (χ1) is 21.0. The zero-order chi connectivity index (χ0) is 29.9. The van der Waals surface area contributed by atoms with Crippen molar-refractivity contribution < 1.29 is 9.53 Å². The number of carbonyl (C=O) groups excluding carboxylic acids is 1. The molecular formula is C34H41N7O2. The van der Waals surface area contributed by atoms with Gasteiger partial charge in [0.05, 0.1) is 30.8 Å². The maximum Gasteiger partial charge on any atom is 0.318 e. The molecule has 4 heterocycles. The Bertz CT molecular complexity index is 1540. The lowest BCUT2D eigenvalue weighted by Crippen LogP contribution is -2.55. The van der Waals surface area contributed by atoms with Crippen molar-refractivity contribution in [2.24, 2.45) is 0 Å². The van der Waals surface area contributed by atoms with Gasteiger partial charge in [0.25, 0.3) is 0 Å². The Morgan fingerprint density at radius 2 is 1.93 bits per heavy atom. The number of fused-ring (bicyclic) bond motifs is 2. The van der Waals surface area contributed by atoms with Crippen LogP contribution in [0.15, 0.2) is 49.1 Å². The largest absolute Gasteiger partial charge is 0.462 e. The third kappa shape index (κ3) is 5.89. The number of amides is 1. The fourth-order valence-electron chi connectivity index (χ4n) is 6.98. The van der Waals surface area contributed by atoms with Gasteiger partial charge in [-0.05, 0) is 69.3 Å². The third-order valence-corrected chi connectivity index (χ3v) is 9.32. The fourth-order valence-corrected chi connectivity index (χ4v) is 6.98. The lowest BCUT2D eigenvalue weighted by molar-refractivity contribution is -0.128. The first-order valence-corrected chi connectivity index (χ1v) is 15.5. The van der Waals surface area contributed by atoms with Crippen LogP contribution in [0.4, 0.5) is 11.5 Å². The number of ether oxygens (including phenoxy) is 1. The van der Waals surface area contributed by atoms with Crippen LogP contribution < -0.4 is 14.5 Å².